The maximum absolute atomic E-state index is 5.03. The summed E-state index contributed by atoms with van der Waals surface area (Å²) in [7, 11) is 4.02. The van der Waals surface area contributed by atoms with Gasteiger partial charge in [0.1, 0.15) is 15.8 Å². The third-order valence-corrected chi connectivity index (χ3v) is 13.0. The maximum atomic E-state index is 5.03. The summed E-state index contributed by atoms with van der Waals surface area (Å²) in [4.78, 5) is 9.67. The lowest BCUT2D eigenvalue weighted by atomic mass is 9.96. The SMILES string of the molecule is CC(C)Cc1cnn(C)c1.CC(C)c1cccc2ccccc12.CC(C)c1cccc2cn(C)cc12.Cc1cc(CC(C)C)on1.Cc1nc(CC(C)C)no1.Cc1ncc(CC(C)C)s1.Cc1nnc(CC(C)C)s1. The van der Waals surface area contributed by atoms with Gasteiger partial charge in [0.15, 0.2) is 5.82 Å². The Kier molecular flexibility index (Phi) is 28.3. The first-order valence-corrected chi connectivity index (χ1v) is 28.9. The van der Waals surface area contributed by atoms with Crippen LogP contribution in [0.1, 0.15) is 169 Å². The van der Waals surface area contributed by atoms with E-state index in [0.717, 1.165) is 64.8 Å². The summed E-state index contributed by atoms with van der Waals surface area (Å²) in [5.74, 6) is 7.06. The van der Waals surface area contributed by atoms with Crippen LogP contribution in [0.4, 0.5) is 0 Å². The molecule has 0 fully saturated rings. The molecular weight excluding hydrogens is 979 g/mol. The van der Waals surface area contributed by atoms with Gasteiger partial charge in [-0.25, -0.2) is 4.98 Å². The molecule has 0 amide bonds. The number of hydrogen-bond donors (Lipinski definition) is 0. The molecule has 0 aliphatic heterocycles. The van der Waals surface area contributed by atoms with Gasteiger partial charge in [-0.05, 0) is 108 Å². The summed E-state index contributed by atoms with van der Waals surface area (Å²) < 4.78 is 13.8. The lowest BCUT2D eigenvalue weighted by Gasteiger charge is -2.08. The molecule has 0 radical (unpaired) electrons. The van der Waals surface area contributed by atoms with E-state index in [0.29, 0.717) is 35.5 Å². The van der Waals surface area contributed by atoms with Crippen molar-refractivity contribution in [1.29, 1.82) is 0 Å². The molecule has 9 rings (SSSR count). The van der Waals surface area contributed by atoms with E-state index in [9.17, 15) is 0 Å². The summed E-state index contributed by atoms with van der Waals surface area (Å²) in [6.07, 6.45) is 15.6. The molecule has 0 unspecified atom stereocenters. The Labute approximate surface area is 465 Å². The second kappa shape index (κ2) is 33.4. The fourth-order valence-electron chi connectivity index (χ4n) is 8.01. The maximum Gasteiger partial charge on any atom is 0.223 e. The standard InChI is InChI=1S/C13H14.C12H15N.C8H14N2.C8H13NO.C8H13NS.C7H12N2O.C7H12N2S/c1-10(2)12-9-5-7-11-6-3-4-8-13(11)12;1-9(2)11-6-4-5-10-7-13(3)8-12(10)11;1-7(2)4-8-5-9-10(3)6-8;1-6(2)4-8-5-7(3)9-10-8;1-6(2)4-8-5-9-7(3)10-8;1-5(2)4-7-8-6(3)10-9-7;1-5(2)4-7-9-8-6(3)10-7/h3-10H,1-2H3;4-9H,1-3H3;5-7H,4H2,1-3H3;2*5-6H,4H2,1-3H3;2*5H,4H2,1-3H3. The van der Waals surface area contributed by atoms with Gasteiger partial charge in [-0.2, -0.15) is 10.1 Å². The number of thiazole rings is 1. The second-order valence-electron chi connectivity index (χ2n) is 22.4. The van der Waals surface area contributed by atoms with Crippen LogP contribution in [-0.4, -0.2) is 44.8 Å². The van der Waals surface area contributed by atoms with E-state index < -0.39 is 0 Å². The molecule has 76 heavy (non-hydrogen) atoms. The average Bonchev–Trinajstić information content (AvgIpc) is 4.22. The van der Waals surface area contributed by atoms with Crippen LogP contribution in [0.5, 0.6) is 0 Å². The molecule has 414 valence electrons. The van der Waals surface area contributed by atoms with Gasteiger partial charge in [-0.1, -0.05) is 168 Å². The van der Waals surface area contributed by atoms with E-state index in [4.69, 9.17) is 9.05 Å². The predicted octanol–water partition coefficient (Wildman–Crippen LogP) is 17.3. The fraction of sp³-hybridized carbons (Fsp3) is 0.508. The molecule has 0 atom stereocenters. The van der Waals surface area contributed by atoms with Crippen molar-refractivity contribution < 1.29 is 9.05 Å². The Bertz CT molecular complexity index is 2690. The van der Waals surface area contributed by atoms with Crippen molar-refractivity contribution in [1.82, 2.24) is 44.8 Å². The lowest BCUT2D eigenvalue weighted by Crippen LogP contribution is -1.95. The number of rotatable bonds is 12. The highest BCUT2D eigenvalue weighted by molar-refractivity contribution is 7.11. The largest absolute Gasteiger partial charge is 0.361 e. The third-order valence-electron chi connectivity index (χ3n) is 11.2. The highest BCUT2D eigenvalue weighted by atomic mass is 32.1. The highest BCUT2D eigenvalue weighted by Crippen LogP contribution is 2.26. The molecule has 0 bridgehead atoms. The van der Waals surface area contributed by atoms with Gasteiger partial charge >= 0.3 is 0 Å². The van der Waals surface area contributed by atoms with Crippen LogP contribution in [0, 0.1) is 57.3 Å². The molecule has 9 aromatic rings. The van der Waals surface area contributed by atoms with Crippen LogP contribution in [0.2, 0.25) is 0 Å². The second-order valence-corrected chi connectivity index (χ2v) is 25.0. The van der Waals surface area contributed by atoms with E-state index in [2.05, 4.69) is 230 Å². The number of nitrogens with zero attached hydrogens (tertiary/aromatic N) is 9. The smallest absolute Gasteiger partial charge is 0.223 e. The van der Waals surface area contributed by atoms with Crippen molar-refractivity contribution in [2.75, 3.05) is 0 Å². The van der Waals surface area contributed by atoms with Crippen molar-refractivity contribution >= 4 is 44.2 Å². The molecule has 0 aliphatic carbocycles. The van der Waals surface area contributed by atoms with Crippen LogP contribution in [0.3, 0.4) is 0 Å². The first-order chi connectivity index (χ1) is 35.9. The first-order valence-electron chi connectivity index (χ1n) is 27.3. The van der Waals surface area contributed by atoms with E-state index in [1.165, 1.54) is 54.5 Å². The van der Waals surface area contributed by atoms with Gasteiger partial charge in [0.25, 0.3) is 0 Å². The minimum Gasteiger partial charge on any atom is -0.361 e. The monoisotopic (exact) mass is 1070 g/mol. The average molecular weight is 1070 g/mol. The van der Waals surface area contributed by atoms with Gasteiger partial charge < -0.3 is 13.6 Å². The Balaban J connectivity index is 0.000000234. The van der Waals surface area contributed by atoms with Crippen LogP contribution in [-0.2, 0) is 46.2 Å². The Morgan fingerprint density at radius 2 is 1.12 bits per heavy atom. The van der Waals surface area contributed by atoms with Gasteiger partial charge in [0.2, 0.25) is 5.89 Å². The quantitative estimate of drug-likeness (QED) is 0.118. The summed E-state index contributed by atoms with van der Waals surface area (Å²) in [5.41, 5.74) is 5.18. The molecule has 6 aromatic heterocycles. The number of aryl methyl sites for hydroxylation is 6. The number of fused-ring (bicyclic) bond motifs is 2. The first kappa shape index (κ1) is 64.5. The normalized spacial score (nSPS) is 10.9. The zero-order valence-electron chi connectivity index (χ0n) is 50.0. The molecule has 0 saturated carbocycles. The molecule has 3 aromatic carbocycles. The molecule has 11 nitrogen and oxygen atoms in total. The Morgan fingerprint density at radius 1 is 0.526 bits per heavy atom. The van der Waals surface area contributed by atoms with E-state index in [1.54, 1.807) is 29.6 Å². The molecule has 0 spiro atoms. The topological polar surface area (TPSA) is 126 Å². The van der Waals surface area contributed by atoms with Gasteiger partial charge in [-0.15, -0.1) is 32.9 Å². The van der Waals surface area contributed by atoms with Crippen molar-refractivity contribution in [3.05, 3.63) is 157 Å². The summed E-state index contributed by atoms with van der Waals surface area (Å²) in [6.45, 7) is 38.6. The van der Waals surface area contributed by atoms with Crippen molar-refractivity contribution in [2.45, 2.75) is 169 Å². The van der Waals surface area contributed by atoms with Crippen molar-refractivity contribution in [3.8, 4) is 0 Å². The molecule has 13 heteroatoms. The van der Waals surface area contributed by atoms with Crippen LogP contribution >= 0.6 is 22.7 Å². The van der Waals surface area contributed by atoms with Crippen LogP contribution in [0.15, 0.2) is 107 Å². The van der Waals surface area contributed by atoms with Crippen molar-refractivity contribution in [2.24, 2.45) is 43.7 Å². The zero-order valence-corrected chi connectivity index (χ0v) is 51.6. The van der Waals surface area contributed by atoms with E-state index in [1.807, 2.05) is 44.0 Å². The van der Waals surface area contributed by atoms with Crippen molar-refractivity contribution in [3.63, 3.8) is 0 Å². The molecule has 0 aliphatic rings. The summed E-state index contributed by atoms with van der Waals surface area (Å²) in [5, 5.41) is 28.5. The van der Waals surface area contributed by atoms with E-state index in [-0.39, 0.29) is 0 Å². The third kappa shape index (κ3) is 25.4. The minimum absolute atomic E-state index is 0.594. The molecular formula is C63H93N9O2S2. The van der Waals surface area contributed by atoms with Crippen LogP contribution < -0.4 is 0 Å². The molecule has 0 N–H and O–H groups in total. The van der Waals surface area contributed by atoms with E-state index >= 15 is 0 Å². The van der Waals surface area contributed by atoms with Gasteiger partial charge in [0, 0.05) is 81.4 Å². The summed E-state index contributed by atoms with van der Waals surface area (Å²) in [6, 6.07) is 23.6. The predicted molar refractivity (Wildman–Crippen MR) is 323 cm³/mol. The Hall–Kier alpha value is -5.79. The number of benzene rings is 3. The van der Waals surface area contributed by atoms with Crippen LogP contribution in [0.25, 0.3) is 21.5 Å². The zero-order chi connectivity index (χ0) is 56.5. The number of aromatic nitrogens is 9. The minimum atomic E-state index is 0.594. The fourth-order valence-corrected chi connectivity index (χ4v) is 9.93. The summed E-state index contributed by atoms with van der Waals surface area (Å²) >= 11 is 3.50. The molecule has 6 heterocycles. The van der Waals surface area contributed by atoms with Gasteiger partial charge in [-0.3, -0.25) is 4.68 Å². The van der Waals surface area contributed by atoms with Gasteiger partial charge in [0.05, 0.1) is 16.9 Å². The number of hydrogen-bond acceptors (Lipinski definition) is 11. The Morgan fingerprint density at radius 3 is 1.61 bits per heavy atom. The lowest BCUT2D eigenvalue weighted by molar-refractivity contribution is 0.365. The highest BCUT2D eigenvalue weighted by Gasteiger charge is 2.08. The molecule has 0 saturated heterocycles.